The molecule has 2 aromatic rings. The maximum atomic E-state index is 11.9. The fourth-order valence-electron chi connectivity index (χ4n) is 2.12. The number of nitrogens with zero attached hydrogens (tertiary/aromatic N) is 2. The standard InChI is InChI=1S/C15H12BrN3O3S/c1-22-13-7-6-10(8-12(13)16)9-17-18-15-11-4-2-3-5-14(11)23(20,21)19-15/h2-9H,1H3,(H,18,19)/b17-9-. The summed E-state index contributed by atoms with van der Waals surface area (Å²) in [5, 5.41) is 4.05. The molecule has 0 unspecified atom stereocenters. The number of amidine groups is 1. The van der Waals surface area contributed by atoms with Crippen molar-refractivity contribution in [3.8, 4) is 5.75 Å². The molecule has 23 heavy (non-hydrogen) atoms. The number of hydrogen-bond acceptors (Lipinski definition) is 5. The highest BCUT2D eigenvalue weighted by atomic mass is 79.9. The van der Waals surface area contributed by atoms with Gasteiger partial charge in [-0.15, -0.1) is 4.40 Å². The Morgan fingerprint density at radius 3 is 2.78 bits per heavy atom. The average Bonchev–Trinajstić information content (AvgIpc) is 2.79. The first-order valence-corrected chi connectivity index (χ1v) is 8.81. The summed E-state index contributed by atoms with van der Waals surface area (Å²) in [6.07, 6.45) is 1.57. The van der Waals surface area contributed by atoms with Crippen LogP contribution >= 0.6 is 15.9 Å². The van der Waals surface area contributed by atoms with Crippen molar-refractivity contribution < 1.29 is 13.2 Å². The molecule has 1 aliphatic rings. The molecule has 1 aliphatic heterocycles. The Morgan fingerprint density at radius 2 is 2.04 bits per heavy atom. The van der Waals surface area contributed by atoms with Crippen LogP contribution in [-0.4, -0.2) is 27.6 Å². The van der Waals surface area contributed by atoms with Crippen molar-refractivity contribution >= 4 is 38.0 Å². The number of ether oxygens (including phenoxy) is 1. The van der Waals surface area contributed by atoms with Gasteiger partial charge in [0.25, 0.3) is 10.0 Å². The Kier molecular flexibility index (Phi) is 4.18. The van der Waals surface area contributed by atoms with Gasteiger partial charge in [0.2, 0.25) is 0 Å². The lowest BCUT2D eigenvalue weighted by Gasteiger charge is -2.03. The van der Waals surface area contributed by atoms with E-state index in [0.29, 0.717) is 5.56 Å². The van der Waals surface area contributed by atoms with Crippen molar-refractivity contribution in [2.75, 3.05) is 7.11 Å². The largest absolute Gasteiger partial charge is 0.496 e. The molecule has 1 N–H and O–H groups in total. The smallest absolute Gasteiger partial charge is 0.285 e. The third-order valence-electron chi connectivity index (χ3n) is 3.19. The van der Waals surface area contributed by atoms with Crippen molar-refractivity contribution in [3.63, 3.8) is 0 Å². The second-order valence-electron chi connectivity index (χ2n) is 4.68. The molecule has 0 atom stereocenters. The normalized spacial score (nSPS) is 15.3. The Bertz CT molecular complexity index is 923. The molecule has 1 heterocycles. The molecular weight excluding hydrogens is 382 g/mol. The van der Waals surface area contributed by atoms with Gasteiger partial charge in [-0.3, -0.25) is 5.43 Å². The minimum absolute atomic E-state index is 0.185. The highest BCUT2D eigenvalue weighted by Crippen LogP contribution is 2.26. The quantitative estimate of drug-likeness (QED) is 0.641. The van der Waals surface area contributed by atoms with Crippen molar-refractivity contribution in [1.82, 2.24) is 5.43 Å². The molecular formula is C15H12BrN3O3S. The molecule has 0 radical (unpaired) electrons. The summed E-state index contributed by atoms with van der Waals surface area (Å²) >= 11 is 3.39. The summed E-state index contributed by atoms with van der Waals surface area (Å²) in [5.41, 5.74) is 4.02. The van der Waals surface area contributed by atoms with Crippen LogP contribution in [0.2, 0.25) is 0 Å². The lowest BCUT2D eigenvalue weighted by molar-refractivity contribution is 0.412. The molecule has 0 saturated carbocycles. The van der Waals surface area contributed by atoms with Gasteiger partial charge in [-0.2, -0.15) is 13.5 Å². The lowest BCUT2D eigenvalue weighted by Crippen LogP contribution is -2.17. The van der Waals surface area contributed by atoms with Crippen LogP contribution in [0.15, 0.2) is 61.3 Å². The number of methoxy groups -OCH3 is 1. The molecule has 6 nitrogen and oxygen atoms in total. The Morgan fingerprint density at radius 1 is 1.26 bits per heavy atom. The van der Waals surface area contributed by atoms with E-state index in [9.17, 15) is 8.42 Å². The summed E-state index contributed by atoms with van der Waals surface area (Å²) in [6, 6.07) is 12.1. The molecule has 0 bridgehead atoms. The van der Waals surface area contributed by atoms with Crippen molar-refractivity contribution in [2.45, 2.75) is 4.90 Å². The molecule has 0 spiro atoms. The average molecular weight is 394 g/mol. The third-order valence-corrected chi connectivity index (χ3v) is 5.15. The molecule has 8 heteroatoms. The highest BCUT2D eigenvalue weighted by Gasteiger charge is 2.28. The van der Waals surface area contributed by atoms with E-state index in [2.05, 4.69) is 30.9 Å². The van der Waals surface area contributed by atoms with Crippen molar-refractivity contribution in [3.05, 3.63) is 58.1 Å². The third kappa shape index (κ3) is 3.13. The fraction of sp³-hybridized carbons (Fsp3) is 0.0667. The molecule has 0 amide bonds. The van der Waals surface area contributed by atoms with Gasteiger partial charge in [-0.25, -0.2) is 0 Å². The summed E-state index contributed by atoms with van der Waals surface area (Å²) in [7, 11) is -2.05. The van der Waals surface area contributed by atoms with E-state index in [1.807, 2.05) is 12.1 Å². The van der Waals surface area contributed by atoms with E-state index >= 15 is 0 Å². The van der Waals surface area contributed by atoms with Crippen LogP contribution in [0.1, 0.15) is 11.1 Å². The number of benzene rings is 2. The van der Waals surface area contributed by atoms with E-state index in [0.717, 1.165) is 15.8 Å². The van der Waals surface area contributed by atoms with Gasteiger partial charge >= 0.3 is 0 Å². The van der Waals surface area contributed by atoms with Crippen LogP contribution in [0.3, 0.4) is 0 Å². The van der Waals surface area contributed by atoms with Crippen LogP contribution in [0.4, 0.5) is 0 Å². The summed E-state index contributed by atoms with van der Waals surface area (Å²) in [5.74, 6) is 0.930. The SMILES string of the molecule is COc1ccc(/C=N\NC2=NS(=O)(=O)c3ccccc32)cc1Br. The fourth-order valence-corrected chi connectivity index (χ4v) is 3.85. The Hall–Kier alpha value is -2.19. The van der Waals surface area contributed by atoms with Crippen LogP contribution in [0, 0.1) is 0 Å². The zero-order chi connectivity index (χ0) is 16.4. The number of rotatable bonds is 3. The van der Waals surface area contributed by atoms with Gasteiger partial charge in [0.1, 0.15) is 10.6 Å². The number of fused-ring (bicyclic) bond motifs is 1. The van der Waals surface area contributed by atoms with Gasteiger partial charge in [0, 0.05) is 5.56 Å². The van der Waals surface area contributed by atoms with Crippen LogP contribution < -0.4 is 10.2 Å². The lowest BCUT2D eigenvalue weighted by atomic mass is 10.2. The van der Waals surface area contributed by atoms with Crippen LogP contribution in [0.25, 0.3) is 0 Å². The van der Waals surface area contributed by atoms with E-state index in [4.69, 9.17) is 4.74 Å². The number of hydrogen-bond donors (Lipinski definition) is 1. The van der Waals surface area contributed by atoms with Gasteiger partial charge in [-0.1, -0.05) is 12.1 Å². The van der Waals surface area contributed by atoms with E-state index in [-0.39, 0.29) is 10.7 Å². The predicted octanol–water partition coefficient (Wildman–Crippen LogP) is 2.53. The van der Waals surface area contributed by atoms with Crippen molar-refractivity contribution in [2.24, 2.45) is 9.50 Å². The predicted molar refractivity (Wildman–Crippen MR) is 91.6 cm³/mol. The summed E-state index contributed by atoms with van der Waals surface area (Å²) in [4.78, 5) is 0.185. The maximum Gasteiger partial charge on any atom is 0.285 e. The minimum Gasteiger partial charge on any atom is -0.496 e. The topological polar surface area (TPSA) is 80.1 Å². The second-order valence-corrected chi connectivity index (χ2v) is 7.10. The summed E-state index contributed by atoms with van der Waals surface area (Å²) in [6.45, 7) is 0. The van der Waals surface area contributed by atoms with Gasteiger partial charge in [-0.05, 0) is 51.8 Å². The van der Waals surface area contributed by atoms with Crippen LogP contribution in [0.5, 0.6) is 5.75 Å². The zero-order valence-electron chi connectivity index (χ0n) is 12.0. The molecule has 0 saturated heterocycles. The zero-order valence-corrected chi connectivity index (χ0v) is 14.4. The van der Waals surface area contributed by atoms with Gasteiger partial charge < -0.3 is 4.74 Å². The Labute approximate surface area is 142 Å². The minimum atomic E-state index is -3.64. The maximum absolute atomic E-state index is 11.9. The van der Waals surface area contributed by atoms with E-state index < -0.39 is 10.0 Å². The number of halogens is 1. The number of nitrogens with one attached hydrogen (secondary N) is 1. The molecule has 2 aromatic carbocycles. The van der Waals surface area contributed by atoms with Gasteiger partial charge in [0.05, 0.1) is 17.8 Å². The first-order valence-electron chi connectivity index (χ1n) is 6.58. The number of sulfonamides is 1. The first-order chi connectivity index (χ1) is 11.0. The Balaban J connectivity index is 1.80. The molecule has 0 aliphatic carbocycles. The van der Waals surface area contributed by atoms with Crippen LogP contribution in [-0.2, 0) is 10.0 Å². The molecule has 3 rings (SSSR count). The van der Waals surface area contributed by atoms with Gasteiger partial charge in [0.15, 0.2) is 5.84 Å². The number of hydrazone groups is 1. The first kappa shape index (κ1) is 15.7. The van der Waals surface area contributed by atoms with E-state index in [1.54, 1.807) is 37.6 Å². The summed E-state index contributed by atoms with van der Waals surface area (Å²) < 4.78 is 33.5. The molecule has 0 aromatic heterocycles. The highest BCUT2D eigenvalue weighted by molar-refractivity contribution is 9.10. The molecule has 118 valence electrons. The van der Waals surface area contributed by atoms with Crippen molar-refractivity contribution in [1.29, 1.82) is 0 Å². The monoisotopic (exact) mass is 393 g/mol. The second kappa shape index (κ2) is 6.13. The molecule has 0 fully saturated rings. The van der Waals surface area contributed by atoms with E-state index in [1.165, 1.54) is 6.07 Å².